The van der Waals surface area contributed by atoms with Gasteiger partial charge in [0.15, 0.2) is 0 Å². The number of hydrogen-bond donors (Lipinski definition) is 2. The van der Waals surface area contributed by atoms with Crippen molar-refractivity contribution in [2.45, 2.75) is 32.7 Å². The van der Waals surface area contributed by atoms with E-state index in [4.69, 9.17) is 15.3 Å². The van der Waals surface area contributed by atoms with E-state index in [9.17, 15) is 0 Å². The van der Waals surface area contributed by atoms with Crippen molar-refractivity contribution in [1.29, 1.82) is 0 Å². The van der Waals surface area contributed by atoms with Crippen molar-refractivity contribution in [3.8, 4) is 0 Å². The van der Waals surface area contributed by atoms with Gasteiger partial charge in [-0.2, -0.15) is 0 Å². The van der Waals surface area contributed by atoms with Crippen molar-refractivity contribution in [3.05, 3.63) is 5.89 Å². The van der Waals surface area contributed by atoms with Crippen LogP contribution in [0.4, 0.5) is 6.01 Å². The molecule has 0 atom stereocenters. The molecule has 0 unspecified atom stereocenters. The maximum absolute atomic E-state index is 8.82. The molecule has 0 radical (unpaired) electrons. The number of hydrogen-bond acceptors (Lipinski definition) is 6. The van der Waals surface area contributed by atoms with Crippen molar-refractivity contribution in [2.24, 2.45) is 5.73 Å². The van der Waals surface area contributed by atoms with E-state index >= 15 is 0 Å². The molecular weight excluding hydrogens is 208 g/mol. The third-order valence-corrected chi connectivity index (χ3v) is 2.24. The lowest BCUT2D eigenvalue weighted by molar-refractivity contribution is 0.287. The minimum absolute atomic E-state index is 0.160. The molecule has 0 saturated heterocycles. The van der Waals surface area contributed by atoms with Crippen LogP contribution in [0, 0.1) is 0 Å². The van der Waals surface area contributed by atoms with Crippen LogP contribution in [0.25, 0.3) is 0 Å². The van der Waals surface area contributed by atoms with Crippen LogP contribution in [0.2, 0.25) is 0 Å². The second-order valence-electron chi connectivity index (χ2n) is 3.88. The standard InChI is InChI=1S/C10H20N4O2/c1-8(2)14(6-3-7-15)10-13-12-9(16-10)4-5-11/h8,15H,3-7,11H2,1-2H3. The fourth-order valence-corrected chi connectivity index (χ4v) is 1.40. The molecule has 0 aliphatic heterocycles. The zero-order chi connectivity index (χ0) is 12.0. The van der Waals surface area contributed by atoms with E-state index < -0.39 is 0 Å². The molecule has 6 heteroatoms. The maximum Gasteiger partial charge on any atom is 0.318 e. The first kappa shape index (κ1) is 12.9. The fourth-order valence-electron chi connectivity index (χ4n) is 1.40. The number of aromatic nitrogens is 2. The van der Waals surface area contributed by atoms with Crippen LogP contribution < -0.4 is 10.6 Å². The van der Waals surface area contributed by atoms with E-state index in [2.05, 4.69) is 10.2 Å². The zero-order valence-corrected chi connectivity index (χ0v) is 9.89. The largest absolute Gasteiger partial charge is 0.408 e. The minimum Gasteiger partial charge on any atom is -0.408 e. The second kappa shape index (κ2) is 6.44. The number of anilines is 1. The van der Waals surface area contributed by atoms with Crippen LogP contribution in [0.15, 0.2) is 4.42 Å². The molecule has 0 amide bonds. The highest BCUT2D eigenvalue weighted by atomic mass is 16.4. The van der Waals surface area contributed by atoms with Crippen LogP contribution in [0.5, 0.6) is 0 Å². The Labute approximate surface area is 95.4 Å². The summed E-state index contributed by atoms with van der Waals surface area (Å²) >= 11 is 0. The Bertz CT molecular complexity index is 301. The number of nitrogens with two attached hydrogens (primary N) is 1. The zero-order valence-electron chi connectivity index (χ0n) is 9.89. The van der Waals surface area contributed by atoms with Gasteiger partial charge in [0.25, 0.3) is 0 Å². The summed E-state index contributed by atoms with van der Waals surface area (Å²) in [7, 11) is 0. The predicted molar refractivity (Wildman–Crippen MR) is 61.2 cm³/mol. The minimum atomic E-state index is 0.160. The summed E-state index contributed by atoms with van der Waals surface area (Å²) in [6.45, 7) is 5.46. The van der Waals surface area contributed by atoms with Gasteiger partial charge in [0.1, 0.15) is 0 Å². The number of nitrogens with zero attached hydrogens (tertiary/aromatic N) is 3. The molecule has 3 N–H and O–H groups in total. The van der Waals surface area contributed by atoms with Crippen molar-refractivity contribution in [3.63, 3.8) is 0 Å². The van der Waals surface area contributed by atoms with Gasteiger partial charge in [-0.25, -0.2) is 0 Å². The quantitative estimate of drug-likeness (QED) is 0.691. The number of aliphatic hydroxyl groups is 1. The van der Waals surface area contributed by atoms with Gasteiger partial charge in [0.05, 0.1) is 0 Å². The van der Waals surface area contributed by atoms with Gasteiger partial charge in [0.2, 0.25) is 5.89 Å². The molecule has 1 aromatic rings. The van der Waals surface area contributed by atoms with Crippen LogP contribution in [-0.4, -0.2) is 41.0 Å². The Hall–Kier alpha value is -1.14. The molecule has 0 aromatic carbocycles. The van der Waals surface area contributed by atoms with Gasteiger partial charge in [0, 0.05) is 32.2 Å². The third kappa shape index (κ3) is 3.46. The van der Waals surface area contributed by atoms with Gasteiger partial charge in [-0.1, -0.05) is 5.10 Å². The van der Waals surface area contributed by atoms with E-state index in [0.29, 0.717) is 37.8 Å². The highest BCUT2D eigenvalue weighted by Gasteiger charge is 2.16. The molecule has 6 nitrogen and oxygen atoms in total. The van der Waals surface area contributed by atoms with E-state index in [1.165, 1.54) is 0 Å². The molecule has 0 fully saturated rings. The summed E-state index contributed by atoms with van der Waals surface area (Å²) in [5.41, 5.74) is 5.41. The lowest BCUT2D eigenvalue weighted by Crippen LogP contribution is -2.32. The van der Waals surface area contributed by atoms with Crippen LogP contribution in [0.1, 0.15) is 26.2 Å². The van der Waals surface area contributed by atoms with E-state index in [1.807, 2.05) is 18.7 Å². The predicted octanol–water partition coefficient (Wildman–Crippen LogP) is 0.168. The van der Waals surface area contributed by atoms with Gasteiger partial charge >= 0.3 is 6.01 Å². The molecule has 0 aliphatic carbocycles. The van der Waals surface area contributed by atoms with Gasteiger partial charge in [-0.05, 0) is 20.3 Å². The van der Waals surface area contributed by atoms with Crippen molar-refractivity contribution >= 4 is 6.01 Å². The third-order valence-electron chi connectivity index (χ3n) is 2.24. The highest BCUT2D eigenvalue weighted by Crippen LogP contribution is 2.15. The summed E-state index contributed by atoms with van der Waals surface area (Å²) in [4.78, 5) is 1.98. The lowest BCUT2D eigenvalue weighted by Gasteiger charge is -2.23. The van der Waals surface area contributed by atoms with Crippen molar-refractivity contribution in [1.82, 2.24) is 10.2 Å². The van der Waals surface area contributed by atoms with Crippen LogP contribution >= 0.6 is 0 Å². The topological polar surface area (TPSA) is 88.4 Å². The normalized spacial score (nSPS) is 11.1. The molecule has 1 heterocycles. The molecule has 92 valence electrons. The number of rotatable bonds is 7. The van der Waals surface area contributed by atoms with Crippen LogP contribution in [-0.2, 0) is 6.42 Å². The van der Waals surface area contributed by atoms with Crippen LogP contribution in [0.3, 0.4) is 0 Å². The average molecular weight is 228 g/mol. The van der Waals surface area contributed by atoms with Gasteiger partial charge in [-0.3, -0.25) is 0 Å². The number of aliphatic hydroxyl groups excluding tert-OH is 1. The molecule has 0 saturated carbocycles. The second-order valence-corrected chi connectivity index (χ2v) is 3.88. The van der Waals surface area contributed by atoms with Gasteiger partial charge < -0.3 is 20.2 Å². The SMILES string of the molecule is CC(C)N(CCCO)c1nnc(CCN)o1. The molecule has 1 rings (SSSR count). The lowest BCUT2D eigenvalue weighted by atomic mass is 10.3. The molecule has 0 spiro atoms. The van der Waals surface area contributed by atoms with E-state index in [-0.39, 0.29) is 12.6 Å². The van der Waals surface area contributed by atoms with Gasteiger partial charge in [-0.15, -0.1) is 5.10 Å². The van der Waals surface area contributed by atoms with E-state index in [0.717, 1.165) is 0 Å². The molecule has 0 bridgehead atoms. The summed E-state index contributed by atoms with van der Waals surface area (Å²) < 4.78 is 5.49. The Balaban J connectivity index is 2.68. The Morgan fingerprint density at radius 1 is 1.44 bits per heavy atom. The Morgan fingerprint density at radius 3 is 2.75 bits per heavy atom. The summed E-state index contributed by atoms with van der Waals surface area (Å²) in [6.07, 6.45) is 1.28. The maximum atomic E-state index is 8.82. The Morgan fingerprint density at radius 2 is 2.19 bits per heavy atom. The summed E-state index contributed by atoms with van der Waals surface area (Å²) in [5.74, 6) is 0.562. The smallest absolute Gasteiger partial charge is 0.318 e. The molecular formula is C10H20N4O2. The first-order valence-electron chi connectivity index (χ1n) is 5.59. The Kier molecular flexibility index (Phi) is 5.21. The molecule has 1 aromatic heterocycles. The summed E-state index contributed by atoms with van der Waals surface area (Å²) in [6, 6.07) is 0.768. The first-order chi connectivity index (χ1) is 7.69. The highest BCUT2D eigenvalue weighted by molar-refractivity contribution is 5.25. The molecule has 16 heavy (non-hydrogen) atoms. The average Bonchev–Trinajstić information content (AvgIpc) is 2.67. The monoisotopic (exact) mass is 228 g/mol. The summed E-state index contributed by atoms with van der Waals surface area (Å²) in [5, 5.41) is 16.7. The first-order valence-corrected chi connectivity index (χ1v) is 5.59. The van der Waals surface area contributed by atoms with Crippen molar-refractivity contribution in [2.75, 3.05) is 24.6 Å². The fraction of sp³-hybridized carbons (Fsp3) is 0.800. The van der Waals surface area contributed by atoms with E-state index in [1.54, 1.807) is 0 Å². The molecule has 0 aliphatic rings. The van der Waals surface area contributed by atoms with Crippen molar-refractivity contribution < 1.29 is 9.52 Å².